The van der Waals surface area contributed by atoms with Crippen LogP contribution in [-0.2, 0) is 6.54 Å². The first kappa shape index (κ1) is 21.5. The number of furan rings is 1. The van der Waals surface area contributed by atoms with E-state index in [0.717, 1.165) is 32.5 Å². The molecule has 0 bridgehead atoms. The molecule has 1 aliphatic rings. The number of para-hydroxylation sites is 1. The highest BCUT2D eigenvalue weighted by Gasteiger charge is 2.25. The largest absolute Gasteiger partial charge is 0.463 e. The van der Waals surface area contributed by atoms with Gasteiger partial charge >= 0.3 is 0 Å². The van der Waals surface area contributed by atoms with Crippen LogP contribution in [0.25, 0.3) is 17.1 Å². The highest BCUT2D eigenvalue weighted by molar-refractivity contribution is 6.32. The maximum atomic E-state index is 13.3. The Labute approximate surface area is 197 Å². The van der Waals surface area contributed by atoms with Crippen LogP contribution in [0.4, 0.5) is 0 Å². The molecule has 0 atom stereocenters. The van der Waals surface area contributed by atoms with Crippen molar-refractivity contribution in [1.29, 1.82) is 0 Å². The fourth-order valence-electron chi connectivity index (χ4n) is 4.23. The molecule has 1 amide bonds. The monoisotopic (exact) mass is 460 g/mol. The Kier molecular flexibility index (Phi) is 6.28. The second-order valence-corrected chi connectivity index (χ2v) is 8.67. The SMILES string of the molecule is O=C(NC1CCN(Cc2ccccc2)CC1)c1cc(-c2ccco2)nn1-c1ccccc1Cl. The molecule has 1 N–H and O–H groups in total. The summed E-state index contributed by atoms with van der Waals surface area (Å²) < 4.78 is 7.10. The molecule has 1 saturated heterocycles. The van der Waals surface area contributed by atoms with E-state index in [4.69, 9.17) is 16.0 Å². The number of nitrogens with one attached hydrogen (secondary N) is 1. The van der Waals surface area contributed by atoms with Crippen molar-refractivity contribution in [3.8, 4) is 17.1 Å². The molecule has 3 heterocycles. The van der Waals surface area contributed by atoms with Crippen LogP contribution in [0.15, 0.2) is 83.5 Å². The topological polar surface area (TPSA) is 63.3 Å². The van der Waals surface area contributed by atoms with Gasteiger partial charge in [0.15, 0.2) is 5.76 Å². The number of hydrogen-bond donors (Lipinski definition) is 1. The van der Waals surface area contributed by atoms with E-state index in [2.05, 4.69) is 39.6 Å². The molecule has 1 fully saturated rings. The molecular formula is C26H25ClN4O2. The molecule has 2 aromatic carbocycles. The number of nitrogens with zero attached hydrogens (tertiary/aromatic N) is 3. The van der Waals surface area contributed by atoms with Gasteiger partial charge in [-0.15, -0.1) is 0 Å². The van der Waals surface area contributed by atoms with Crippen LogP contribution in [0.2, 0.25) is 5.02 Å². The summed E-state index contributed by atoms with van der Waals surface area (Å²) in [5, 5.41) is 8.36. The summed E-state index contributed by atoms with van der Waals surface area (Å²) in [5.74, 6) is 0.436. The van der Waals surface area contributed by atoms with Gasteiger partial charge in [0.1, 0.15) is 11.4 Å². The molecule has 4 aromatic rings. The number of likely N-dealkylation sites (tertiary alicyclic amines) is 1. The van der Waals surface area contributed by atoms with Gasteiger partial charge in [-0.1, -0.05) is 54.1 Å². The summed E-state index contributed by atoms with van der Waals surface area (Å²) in [6, 6.07) is 23.3. The third-order valence-corrected chi connectivity index (χ3v) is 6.29. The first-order valence-electron chi connectivity index (χ1n) is 11.1. The van der Waals surface area contributed by atoms with Crippen molar-refractivity contribution in [2.75, 3.05) is 13.1 Å². The van der Waals surface area contributed by atoms with Gasteiger partial charge < -0.3 is 9.73 Å². The number of piperidine rings is 1. The summed E-state index contributed by atoms with van der Waals surface area (Å²) >= 11 is 6.42. The van der Waals surface area contributed by atoms with Gasteiger partial charge in [0.05, 0.1) is 17.0 Å². The predicted octanol–water partition coefficient (Wildman–Crippen LogP) is 5.18. The predicted molar refractivity (Wildman–Crippen MR) is 128 cm³/mol. The molecule has 33 heavy (non-hydrogen) atoms. The Morgan fingerprint density at radius 1 is 1.03 bits per heavy atom. The Bertz CT molecular complexity index is 1210. The maximum absolute atomic E-state index is 13.3. The van der Waals surface area contributed by atoms with Gasteiger partial charge in [-0.3, -0.25) is 9.69 Å². The van der Waals surface area contributed by atoms with Crippen molar-refractivity contribution < 1.29 is 9.21 Å². The standard InChI is InChI=1S/C26H25ClN4O2/c27-21-9-4-5-10-23(21)31-24(17-22(29-31)25-11-6-16-33-25)26(32)28-20-12-14-30(15-13-20)18-19-7-2-1-3-8-19/h1-11,16-17,20H,12-15,18H2,(H,28,32). The minimum Gasteiger partial charge on any atom is -0.463 e. The third kappa shape index (κ3) is 4.87. The van der Waals surface area contributed by atoms with E-state index in [1.165, 1.54) is 5.56 Å². The first-order valence-corrected chi connectivity index (χ1v) is 11.5. The van der Waals surface area contributed by atoms with E-state index in [9.17, 15) is 4.79 Å². The van der Waals surface area contributed by atoms with Crippen LogP contribution in [-0.4, -0.2) is 39.7 Å². The van der Waals surface area contributed by atoms with Crippen LogP contribution in [0.5, 0.6) is 0 Å². The summed E-state index contributed by atoms with van der Waals surface area (Å²) in [7, 11) is 0. The minimum absolute atomic E-state index is 0.117. The van der Waals surface area contributed by atoms with Crippen molar-refractivity contribution in [1.82, 2.24) is 20.0 Å². The highest BCUT2D eigenvalue weighted by atomic mass is 35.5. The van der Waals surface area contributed by atoms with Gasteiger partial charge in [-0.25, -0.2) is 4.68 Å². The fraction of sp³-hybridized carbons (Fsp3) is 0.231. The Balaban J connectivity index is 1.31. The fourth-order valence-corrected chi connectivity index (χ4v) is 4.45. The number of carbonyl (C=O) groups excluding carboxylic acids is 1. The Morgan fingerprint density at radius 3 is 2.52 bits per heavy atom. The number of rotatable bonds is 6. The van der Waals surface area contributed by atoms with E-state index in [0.29, 0.717) is 27.9 Å². The molecular weight excluding hydrogens is 436 g/mol. The summed E-state index contributed by atoms with van der Waals surface area (Å²) in [4.78, 5) is 15.7. The lowest BCUT2D eigenvalue weighted by Crippen LogP contribution is -2.44. The van der Waals surface area contributed by atoms with Crippen molar-refractivity contribution in [2.24, 2.45) is 0 Å². The Hall–Kier alpha value is -3.35. The van der Waals surface area contributed by atoms with E-state index in [1.54, 1.807) is 29.1 Å². The average Bonchev–Trinajstić information content (AvgIpc) is 3.52. The quantitative estimate of drug-likeness (QED) is 0.430. The lowest BCUT2D eigenvalue weighted by molar-refractivity contribution is 0.0901. The first-order chi connectivity index (χ1) is 16.2. The van der Waals surface area contributed by atoms with Gasteiger partial charge in [0.25, 0.3) is 5.91 Å². The van der Waals surface area contributed by atoms with Gasteiger partial charge in [0, 0.05) is 31.7 Å². The van der Waals surface area contributed by atoms with Crippen LogP contribution in [0.1, 0.15) is 28.9 Å². The normalized spacial score (nSPS) is 14.9. The minimum atomic E-state index is -0.165. The highest BCUT2D eigenvalue weighted by Crippen LogP contribution is 2.26. The zero-order valence-corrected chi connectivity index (χ0v) is 18.9. The molecule has 0 aliphatic carbocycles. The smallest absolute Gasteiger partial charge is 0.270 e. The number of halogens is 1. The summed E-state index contributed by atoms with van der Waals surface area (Å²) in [6.45, 7) is 2.83. The molecule has 5 rings (SSSR count). The lowest BCUT2D eigenvalue weighted by atomic mass is 10.0. The van der Waals surface area contributed by atoms with Crippen molar-refractivity contribution in [2.45, 2.75) is 25.4 Å². The van der Waals surface area contributed by atoms with Gasteiger partial charge in [-0.05, 0) is 42.7 Å². The van der Waals surface area contributed by atoms with Gasteiger partial charge in [-0.2, -0.15) is 5.10 Å². The zero-order chi connectivity index (χ0) is 22.6. The van der Waals surface area contributed by atoms with Crippen LogP contribution in [0, 0.1) is 0 Å². The van der Waals surface area contributed by atoms with E-state index < -0.39 is 0 Å². The molecule has 0 radical (unpaired) electrons. The number of carbonyl (C=O) groups is 1. The molecule has 6 nitrogen and oxygen atoms in total. The summed E-state index contributed by atoms with van der Waals surface area (Å²) in [6.07, 6.45) is 3.40. The third-order valence-electron chi connectivity index (χ3n) is 5.97. The van der Waals surface area contributed by atoms with Crippen LogP contribution in [0.3, 0.4) is 0 Å². The van der Waals surface area contributed by atoms with Crippen molar-refractivity contribution in [3.05, 3.63) is 95.3 Å². The van der Waals surface area contributed by atoms with Crippen molar-refractivity contribution >= 4 is 17.5 Å². The molecule has 7 heteroatoms. The molecule has 2 aromatic heterocycles. The number of amides is 1. The van der Waals surface area contributed by atoms with Gasteiger partial charge in [0.2, 0.25) is 0 Å². The zero-order valence-electron chi connectivity index (χ0n) is 18.2. The number of aromatic nitrogens is 2. The molecule has 0 unspecified atom stereocenters. The molecule has 0 spiro atoms. The average molecular weight is 461 g/mol. The van der Waals surface area contributed by atoms with E-state index >= 15 is 0 Å². The molecule has 168 valence electrons. The molecule has 0 saturated carbocycles. The second kappa shape index (κ2) is 9.65. The Morgan fingerprint density at radius 2 is 1.79 bits per heavy atom. The van der Waals surface area contributed by atoms with Crippen molar-refractivity contribution in [3.63, 3.8) is 0 Å². The summed E-state index contributed by atoms with van der Waals surface area (Å²) in [5.41, 5.74) is 2.98. The van der Waals surface area contributed by atoms with E-state index in [-0.39, 0.29) is 11.9 Å². The van der Waals surface area contributed by atoms with Crippen LogP contribution < -0.4 is 5.32 Å². The molecule has 1 aliphatic heterocycles. The van der Waals surface area contributed by atoms with E-state index in [1.807, 2.05) is 30.3 Å². The lowest BCUT2D eigenvalue weighted by Gasteiger charge is -2.32. The second-order valence-electron chi connectivity index (χ2n) is 8.26. The van der Waals surface area contributed by atoms with Crippen LogP contribution >= 0.6 is 11.6 Å². The maximum Gasteiger partial charge on any atom is 0.270 e. The number of benzene rings is 2. The number of hydrogen-bond acceptors (Lipinski definition) is 4.